The summed E-state index contributed by atoms with van der Waals surface area (Å²) in [5, 5.41) is 3.23. The van der Waals surface area contributed by atoms with E-state index < -0.39 is 0 Å². The molecular formula is C15H13N5. The molecule has 3 aromatic rings. The number of nitrogens with one attached hydrogen (secondary N) is 1. The molecule has 0 bridgehead atoms. The lowest BCUT2D eigenvalue weighted by Gasteiger charge is -1.99. The quantitative estimate of drug-likeness (QED) is 0.673. The van der Waals surface area contributed by atoms with E-state index in [1.807, 2.05) is 24.4 Å². The fourth-order valence-corrected chi connectivity index (χ4v) is 2.70. The molecule has 0 fully saturated rings. The molecule has 0 aliphatic carbocycles. The Labute approximate surface area is 115 Å². The lowest BCUT2D eigenvalue weighted by Crippen LogP contribution is -2.22. The van der Waals surface area contributed by atoms with Crippen LogP contribution < -0.4 is 5.32 Å². The molecule has 0 spiro atoms. The molecule has 0 saturated heterocycles. The van der Waals surface area contributed by atoms with Gasteiger partial charge in [-0.05, 0) is 24.3 Å². The lowest BCUT2D eigenvalue weighted by molar-refractivity contribution is 1.23. The molecule has 0 atom stereocenters. The van der Waals surface area contributed by atoms with Gasteiger partial charge in [0.15, 0.2) is 0 Å². The second-order valence-corrected chi connectivity index (χ2v) is 4.70. The average Bonchev–Trinajstić information content (AvgIpc) is 3.02. The maximum Gasteiger partial charge on any atom is 0.137 e. The van der Waals surface area contributed by atoms with Gasteiger partial charge in [0.25, 0.3) is 0 Å². The molecule has 1 N–H and O–H groups in total. The van der Waals surface area contributed by atoms with Gasteiger partial charge in [0.1, 0.15) is 17.3 Å². The van der Waals surface area contributed by atoms with E-state index in [2.05, 4.69) is 36.8 Å². The van der Waals surface area contributed by atoms with Crippen molar-refractivity contribution < 1.29 is 0 Å². The smallest absolute Gasteiger partial charge is 0.137 e. The fourth-order valence-electron chi connectivity index (χ4n) is 2.70. The van der Waals surface area contributed by atoms with Gasteiger partial charge in [0, 0.05) is 31.4 Å². The van der Waals surface area contributed by atoms with Gasteiger partial charge >= 0.3 is 0 Å². The predicted octanol–water partition coefficient (Wildman–Crippen LogP) is 1.84. The topological polar surface area (TPSA) is 54.0 Å². The highest BCUT2D eigenvalue weighted by Gasteiger charge is 2.24. The summed E-state index contributed by atoms with van der Waals surface area (Å²) in [5.74, 6) is 1.70. The third kappa shape index (κ3) is 1.34. The number of imidazole rings is 1. The van der Waals surface area contributed by atoms with Gasteiger partial charge in [-0.1, -0.05) is 6.07 Å². The van der Waals surface area contributed by atoms with E-state index in [1.165, 1.54) is 0 Å². The Hall–Kier alpha value is -2.69. The standard InChI is InChI=1S/C15H13N5/c1-16-14-9-7-11-12(8-10(9)15(17-2)19-14)20-6-4-3-5-13(20)18-11/h3-8H,1-2H3,(H,16,17,19). The van der Waals surface area contributed by atoms with Crippen LogP contribution in [0.15, 0.2) is 46.5 Å². The van der Waals surface area contributed by atoms with Gasteiger partial charge < -0.3 is 5.32 Å². The van der Waals surface area contributed by atoms with Crippen LogP contribution in [0.3, 0.4) is 0 Å². The SMILES string of the molecule is CN=C1NC(=NC)c2cc3c(cc21)nc1ccccn13. The first-order valence-corrected chi connectivity index (χ1v) is 6.44. The molecule has 0 radical (unpaired) electrons. The Kier molecular flexibility index (Phi) is 2.18. The normalized spacial score (nSPS) is 18.1. The number of aliphatic imine (C=N–C) groups is 2. The number of nitrogens with zero attached hydrogens (tertiary/aromatic N) is 4. The minimum absolute atomic E-state index is 0.847. The summed E-state index contributed by atoms with van der Waals surface area (Å²) in [5.41, 5.74) is 5.13. The van der Waals surface area contributed by atoms with E-state index in [9.17, 15) is 0 Å². The molecule has 0 unspecified atom stereocenters. The molecule has 4 rings (SSSR count). The average molecular weight is 263 g/mol. The van der Waals surface area contributed by atoms with Crippen LogP contribution in [0.2, 0.25) is 0 Å². The van der Waals surface area contributed by atoms with Crippen LogP contribution in [0.25, 0.3) is 16.7 Å². The van der Waals surface area contributed by atoms with Crippen LogP contribution in [0.4, 0.5) is 0 Å². The number of fused-ring (bicyclic) bond motifs is 4. The Morgan fingerprint density at radius 1 is 1.05 bits per heavy atom. The first-order valence-electron chi connectivity index (χ1n) is 6.44. The van der Waals surface area contributed by atoms with Gasteiger partial charge in [-0.25, -0.2) is 4.98 Å². The molecular weight excluding hydrogens is 250 g/mol. The molecule has 5 heteroatoms. The molecule has 20 heavy (non-hydrogen) atoms. The van der Waals surface area contributed by atoms with Crippen molar-refractivity contribution in [2.45, 2.75) is 0 Å². The molecule has 1 aliphatic rings. The van der Waals surface area contributed by atoms with Crippen molar-refractivity contribution in [3.05, 3.63) is 47.7 Å². The number of rotatable bonds is 0. The van der Waals surface area contributed by atoms with E-state index in [4.69, 9.17) is 0 Å². The van der Waals surface area contributed by atoms with Gasteiger partial charge in [0.05, 0.1) is 11.0 Å². The van der Waals surface area contributed by atoms with Crippen LogP contribution in [-0.2, 0) is 0 Å². The third-order valence-electron chi connectivity index (χ3n) is 3.64. The number of pyridine rings is 1. The summed E-state index contributed by atoms with van der Waals surface area (Å²) in [7, 11) is 3.56. The van der Waals surface area contributed by atoms with Crippen LogP contribution in [0.5, 0.6) is 0 Å². The van der Waals surface area contributed by atoms with Crippen LogP contribution in [0.1, 0.15) is 11.1 Å². The van der Waals surface area contributed by atoms with Crippen molar-refractivity contribution in [1.29, 1.82) is 0 Å². The van der Waals surface area contributed by atoms with Crippen molar-refractivity contribution in [3.8, 4) is 0 Å². The van der Waals surface area contributed by atoms with Gasteiger partial charge in [0.2, 0.25) is 0 Å². The summed E-state index contributed by atoms with van der Waals surface area (Å²) in [6.45, 7) is 0. The van der Waals surface area contributed by atoms with Gasteiger partial charge in [-0.15, -0.1) is 0 Å². The lowest BCUT2D eigenvalue weighted by atomic mass is 10.1. The molecule has 0 saturated carbocycles. The minimum Gasteiger partial charge on any atom is -0.325 e. The van der Waals surface area contributed by atoms with E-state index in [0.717, 1.165) is 39.5 Å². The van der Waals surface area contributed by atoms with Crippen LogP contribution >= 0.6 is 0 Å². The van der Waals surface area contributed by atoms with E-state index in [-0.39, 0.29) is 0 Å². The van der Waals surface area contributed by atoms with Crippen molar-refractivity contribution in [3.63, 3.8) is 0 Å². The number of aromatic nitrogens is 2. The number of hydrogen-bond acceptors (Lipinski definition) is 3. The monoisotopic (exact) mass is 263 g/mol. The predicted molar refractivity (Wildman–Crippen MR) is 80.8 cm³/mol. The Morgan fingerprint density at radius 3 is 2.55 bits per heavy atom. The summed E-state index contributed by atoms with van der Waals surface area (Å²) in [6.07, 6.45) is 2.02. The van der Waals surface area contributed by atoms with Crippen molar-refractivity contribution >= 4 is 28.4 Å². The van der Waals surface area contributed by atoms with Gasteiger partial charge in [-0.3, -0.25) is 14.4 Å². The zero-order valence-corrected chi connectivity index (χ0v) is 11.3. The van der Waals surface area contributed by atoms with Crippen LogP contribution in [0, 0.1) is 0 Å². The minimum atomic E-state index is 0.847. The molecule has 1 aliphatic heterocycles. The van der Waals surface area contributed by atoms with E-state index in [1.54, 1.807) is 14.1 Å². The molecule has 0 amide bonds. The van der Waals surface area contributed by atoms with Crippen molar-refractivity contribution in [2.75, 3.05) is 14.1 Å². The van der Waals surface area contributed by atoms with Crippen molar-refractivity contribution in [2.24, 2.45) is 9.98 Å². The molecule has 98 valence electrons. The zero-order valence-electron chi connectivity index (χ0n) is 11.3. The Balaban J connectivity index is 2.14. The second-order valence-electron chi connectivity index (χ2n) is 4.70. The summed E-state index contributed by atoms with van der Waals surface area (Å²) < 4.78 is 2.09. The van der Waals surface area contributed by atoms with E-state index >= 15 is 0 Å². The summed E-state index contributed by atoms with van der Waals surface area (Å²) >= 11 is 0. The Bertz CT molecular complexity index is 901. The second kappa shape index (κ2) is 3.90. The highest BCUT2D eigenvalue weighted by molar-refractivity contribution is 6.26. The summed E-state index contributed by atoms with van der Waals surface area (Å²) in [4.78, 5) is 13.2. The molecule has 1 aromatic carbocycles. The first-order chi connectivity index (χ1) is 9.81. The fraction of sp³-hybridized carbons (Fsp3) is 0.133. The highest BCUT2D eigenvalue weighted by Crippen LogP contribution is 2.25. The number of amidine groups is 2. The van der Waals surface area contributed by atoms with E-state index in [0.29, 0.717) is 0 Å². The first kappa shape index (κ1) is 11.2. The summed E-state index contributed by atoms with van der Waals surface area (Å²) in [6, 6.07) is 10.2. The Morgan fingerprint density at radius 2 is 1.80 bits per heavy atom. The zero-order chi connectivity index (χ0) is 13.7. The highest BCUT2D eigenvalue weighted by atomic mass is 15.1. The largest absolute Gasteiger partial charge is 0.325 e. The maximum absolute atomic E-state index is 4.65. The molecule has 3 heterocycles. The molecule has 5 nitrogen and oxygen atoms in total. The molecule has 2 aromatic heterocycles. The number of hydrogen-bond donors (Lipinski definition) is 1. The number of benzene rings is 1. The van der Waals surface area contributed by atoms with Crippen molar-refractivity contribution in [1.82, 2.24) is 14.7 Å². The van der Waals surface area contributed by atoms with Gasteiger partial charge in [-0.2, -0.15) is 0 Å². The third-order valence-corrected chi connectivity index (χ3v) is 3.64. The maximum atomic E-state index is 4.65. The van der Waals surface area contributed by atoms with Crippen LogP contribution in [-0.4, -0.2) is 35.2 Å².